The highest BCUT2D eigenvalue weighted by Crippen LogP contribution is 2.15. The lowest BCUT2D eigenvalue weighted by Gasteiger charge is -2.04. The molecule has 20 heavy (non-hydrogen) atoms. The average molecular weight is 269 g/mol. The molecule has 0 atom stereocenters. The van der Waals surface area contributed by atoms with Crippen molar-refractivity contribution in [3.8, 4) is 0 Å². The molecule has 0 bridgehead atoms. The van der Waals surface area contributed by atoms with E-state index >= 15 is 0 Å². The Balaban J connectivity index is 1.86. The number of nitrogens with one attached hydrogen (secondary N) is 2. The molecule has 0 aliphatic heterocycles. The number of H-pyrrole nitrogens is 1. The van der Waals surface area contributed by atoms with Gasteiger partial charge in [-0.3, -0.25) is 4.79 Å². The van der Waals surface area contributed by atoms with E-state index in [-0.39, 0.29) is 5.91 Å². The molecule has 1 amide bonds. The summed E-state index contributed by atoms with van der Waals surface area (Å²) >= 11 is 0. The van der Waals surface area contributed by atoms with Crippen LogP contribution in [0.15, 0.2) is 42.9 Å². The Bertz CT molecular complexity index is 568. The van der Waals surface area contributed by atoms with Crippen LogP contribution in [-0.4, -0.2) is 15.9 Å². The van der Waals surface area contributed by atoms with Crippen molar-refractivity contribution in [2.24, 2.45) is 0 Å². The van der Waals surface area contributed by atoms with Crippen molar-refractivity contribution >= 4 is 12.0 Å². The van der Waals surface area contributed by atoms with Crippen molar-refractivity contribution in [1.82, 2.24) is 15.3 Å². The molecule has 2 N–H and O–H groups in total. The Morgan fingerprint density at radius 3 is 2.70 bits per heavy atom. The van der Waals surface area contributed by atoms with Gasteiger partial charge in [0.1, 0.15) is 0 Å². The van der Waals surface area contributed by atoms with Gasteiger partial charge in [-0.1, -0.05) is 38.1 Å². The van der Waals surface area contributed by atoms with Gasteiger partial charge in [0.05, 0.1) is 18.6 Å². The van der Waals surface area contributed by atoms with Crippen LogP contribution >= 0.6 is 0 Å². The zero-order valence-electron chi connectivity index (χ0n) is 11.8. The van der Waals surface area contributed by atoms with Gasteiger partial charge in [-0.05, 0) is 23.1 Å². The number of rotatable bonds is 5. The summed E-state index contributed by atoms with van der Waals surface area (Å²) in [6.45, 7) is 4.77. The lowest BCUT2D eigenvalue weighted by molar-refractivity contribution is -0.116. The molecule has 1 aromatic carbocycles. The van der Waals surface area contributed by atoms with Crippen molar-refractivity contribution in [3.05, 3.63) is 59.7 Å². The van der Waals surface area contributed by atoms with Crippen LogP contribution in [0.3, 0.4) is 0 Å². The van der Waals surface area contributed by atoms with Crippen LogP contribution < -0.4 is 5.32 Å². The second-order valence-corrected chi connectivity index (χ2v) is 4.95. The number of amides is 1. The Morgan fingerprint density at radius 2 is 2.10 bits per heavy atom. The average Bonchev–Trinajstić information content (AvgIpc) is 2.96. The molecular formula is C16H19N3O. The van der Waals surface area contributed by atoms with E-state index < -0.39 is 0 Å². The largest absolute Gasteiger partial charge is 0.347 e. The summed E-state index contributed by atoms with van der Waals surface area (Å²) in [6, 6.07) is 8.22. The first kappa shape index (κ1) is 14.1. The molecule has 0 saturated heterocycles. The minimum atomic E-state index is -0.118. The first-order chi connectivity index (χ1) is 9.65. The van der Waals surface area contributed by atoms with E-state index in [1.807, 2.05) is 18.2 Å². The minimum absolute atomic E-state index is 0.118. The third kappa shape index (κ3) is 4.09. The molecule has 0 aliphatic carbocycles. The number of hydrogen-bond donors (Lipinski definition) is 2. The van der Waals surface area contributed by atoms with E-state index in [9.17, 15) is 4.79 Å². The van der Waals surface area contributed by atoms with E-state index in [1.54, 1.807) is 18.6 Å². The Labute approximate surface area is 118 Å². The molecule has 0 spiro atoms. The van der Waals surface area contributed by atoms with E-state index in [2.05, 4.69) is 41.3 Å². The third-order valence-electron chi connectivity index (χ3n) is 3.04. The number of aromatic nitrogens is 2. The monoisotopic (exact) mass is 269 g/mol. The molecule has 1 heterocycles. The first-order valence-corrected chi connectivity index (χ1v) is 6.68. The number of carbonyl (C=O) groups is 1. The van der Waals surface area contributed by atoms with Crippen LogP contribution in [0.25, 0.3) is 6.08 Å². The number of aromatic amines is 1. The van der Waals surface area contributed by atoms with Gasteiger partial charge in [-0.2, -0.15) is 0 Å². The molecule has 4 nitrogen and oxygen atoms in total. The van der Waals surface area contributed by atoms with Crippen molar-refractivity contribution in [2.45, 2.75) is 26.3 Å². The zero-order valence-corrected chi connectivity index (χ0v) is 11.8. The smallest absolute Gasteiger partial charge is 0.244 e. The summed E-state index contributed by atoms with van der Waals surface area (Å²) in [7, 11) is 0. The van der Waals surface area contributed by atoms with Gasteiger partial charge >= 0.3 is 0 Å². The number of carbonyl (C=O) groups excluding carboxylic acids is 1. The lowest BCUT2D eigenvalue weighted by Crippen LogP contribution is -2.20. The maximum Gasteiger partial charge on any atom is 0.244 e. The van der Waals surface area contributed by atoms with Crippen LogP contribution in [0, 0.1) is 0 Å². The Morgan fingerprint density at radius 1 is 1.35 bits per heavy atom. The quantitative estimate of drug-likeness (QED) is 0.820. The van der Waals surface area contributed by atoms with Gasteiger partial charge in [0, 0.05) is 12.3 Å². The van der Waals surface area contributed by atoms with Gasteiger partial charge in [-0.15, -0.1) is 0 Å². The van der Waals surface area contributed by atoms with E-state index in [4.69, 9.17) is 0 Å². The van der Waals surface area contributed by atoms with Crippen LogP contribution in [0.5, 0.6) is 0 Å². The molecule has 0 aliphatic rings. The maximum absolute atomic E-state index is 11.7. The molecule has 0 unspecified atom stereocenters. The topological polar surface area (TPSA) is 57.8 Å². The maximum atomic E-state index is 11.7. The van der Waals surface area contributed by atoms with Crippen molar-refractivity contribution in [1.29, 1.82) is 0 Å². The summed E-state index contributed by atoms with van der Waals surface area (Å²) in [5.74, 6) is 0.401. The molecule has 1 aromatic heterocycles. The third-order valence-corrected chi connectivity index (χ3v) is 3.04. The molecule has 4 heteroatoms. The number of benzene rings is 1. The van der Waals surface area contributed by atoms with E-state index in [0.29, 0.717) is 12.5 Å². The molecule has 0 fully saturated rings. The molecule has 2 rings (SSSR count). The van der Waals surface area contributed by atoms with E-state index in [1.165, 1.54) is 5.56 Å². The van der Waals surface area contributed by atoms with Gasteiger partial charge in [0.2, 0.25) is 5.91 Å². The summed E-state index contributed by atoms with van der Waals surface area (Å²) in [5, 5.41) is 2.79. The highest BCUT2D eigenvalue weighted by molar-refractivity contribution is 5.91. The molecule has 104 valence electrons. The molecular weight excluding hydrogens is 250 g/mol. The summed E-state index contributed by atoms with van der Waals surface area (Å²) in [6.07, 6.45) is 6.63. The number of nitrogens with zero attached hydrogens (tertiary/aromatic N) is 1. The fraction of sp³-hybridized carbons (Fsp3) is 0.250. The summed E-state index contributed by atoms with van der Waals surface area (Å²) in [4.78, 5) is 18.5. The fourth-order valence-electron chi connectivity index (χ4n) is 1.79. The first-order valence-electron chi connectivity index (χ1n) is 6.68. The van der Waals surface area contributed by atoms with Crippen molar-refractivity contribution in [2.75, 3.05) is 0 Å². The Kier molecular flexibility index (Phi) is 4.71. The minimum Gasteiger partial charge on any atom is -0.347 e. The van der Waals surface area contributed by atoms with Crippen molar-refractivity contribution < 1.29 is 4.79 Å². The second kappa shape index (κ2) is 6.70. The zero-order chi connectivity index (χ0) is 14.4. The van der Waals surface area contributed by atoms with Crippen LogP contribution in [0.1, 0.15) is 36.6 Å². The second-order valence-electron chi connectivity index (χ2n) is 4.95. The standard InChI is InChI=1S/C16H19N3O/c1-12(2)14-6-3-13(4-7-14)5-8-16(20)18-10-15-9-17-11-19-15/h3-9,11-12H,10H2,1-2H3,(H,17,19)(H,18,20). The lowest BCUT2D eigenvalue weighted by atomic mass is 10.0. The number of imidazole rings is 1. The normalized spacial score (nSPS) is 11.2. The SMILES string of the molecule is CC(C)c1ccc(C=CC(=O)NCc2cnc[nH]2)cc1. The molecule has 0 radical (unpaired) electrons. The fourth-order valence-corrected chi connectivity index (χ4v) is 1.79. The molecule has 2 aromatic rings. The van der Waals surface area contributed by atoms with Crippen LogP contribution in [-0.2, 0) is 11.3 Å². The molecule has 0 saturated carbocycles. The van der Waals surface area contributed by atoms with Gasteiger partial charge in [0.15, 0.2) is 0 Å². The highest BCUT2D eigenvalue weighted by atomic mass is 16.1. The Hall–Kier alpha value is -2.36. The predicted molar refractivity (Wildman–Crippen MR) is 80.0 cm³/mol. The van der Waals surface area contributed by atoms with Crippen molar-refractivity contribution in [3.63, 3.8) is 0 Å². The summed E-state index contributed by atoms with van der Waals surface area (Å²) in [5.41, 5.74) is 3.20. The van der Waals surface area contributed by atoms with Gasteiger partial charge in [-0.25, -0.2) is 4.98 Å². The van der Waals surface area contributed by atoms with Gasteiger partial charge in [0.25, 0.3) is 0 Å². The van der Waals surface area contributed by atoms with Crippen LogP contribution in [0.4, 0.5) is 0 Å². The van der Waals surface area contributed by atoms with Crippen LogP contribution in [0.2, 0.25) is 0 Å². The number of hydrogen-bond acceptors (Lipinski definition) is 2. The van der Waals surface area contributed by atoms with Gasteiger partial charge < -0.3 is 10.3 Å². The predicted octanol–water partition coefficient (Wildman–Crippen LogP) is 2.86. The highest BCUT2D eigenvalue weighted by Gasteiger charge is 1.99. The van der Waals surface area contributed by atoms with E-state index in [0.717, 1.165) is 11.3 Å². The summed E-state index contributed by atoms with van der Waals surface area (Å²) < 4.78 is 0.